The maximum Gasteiger partial charge on any atom is 0.391 e. The molecule has 0 fully saturated rings. The van der Waals surface area contributed by atoms with Gasteiger partial charge in [-0.1, -0.05) is 12.1 Å². The van der Waals surface area contributed by atoms with Crippen LogP contribution in [0.4, 0.5) is 18.9 Å². The number of nitrogens with one attached hydrogen (secondary N) is 1. The average molecular weight is 367 g/mol. The van der Waals surface area contributed by atoms with Gasteiger partial charge in [0.2, 0.25) is 0 Å². The van der Waals surface area contributed by atoms with Gasteiger partial charge in [-0.2, -0.15) is 13.2 Å². The second-order valence-corrected chi connectivity index (χ2v) is 5.59. The minimum atomic E-state index is -4.33. The summed E-state index contributed by atoms with van der Waals surface area (Å²) >= 11 is 0. The highest BCUT2D eigenvalue weighted by Gasteiger charge is 2.32. The molecule has 0 aliphatic heterocycles. The molecule has 2 aromatic carbocycles. The smallest absolute Gasteiger partial charge is 0.391 e. The first-order valence-corrected chi connectivity index (χ1v) is 8.07. The molecule has 0 saturated carbocycles. The third kappa shape index (κ3) is 5.68. The number of carbonyl (C=O) groups is 1. The molecule has 7 heteroatoms. The Morgan fingerprint density at radius 1 is 1.08 bits per heavy atom. The number of alkyl halides is 3. The van der Waals surface area contributed by atoms with E-state index in [1.807, 2.05) is 0 Å². The van der Waals surface area contributed by atoms with E-state index in [9.17, 15) is 18.0 Å². The Morgan fingerprint density at radius 3 is 2.19 bits per heavy atom. The number of anilines is 1. The number of halogens is 3. The van der Waals surface area contributed by atoms with E-state index in [0.29, 0.717) is 22.6 Å². The van der Waals surface area contributed by atoms with Gasteiger partial charge in [0.15, 0.2) is 0 Å². The van der Waals surface area contributed by atoms with Crippen LogP contribution < -0.4 is 10.1 Å². The summed E-state index contributed by atoms with van der Waals surface area (Å²) in [7, 11) is 1.49. The first kappa shape index (κ1) is 19.6. The van der Waals surface area contributed by atoms with Gasteiger partial charge in [-0.05, 0) is 48.9 Å². The molecule has 4 nitrogen and oxygen atoms in total. The van der Waals surface area contributed by atoms with Crippen LogP contribution in [0.3, 0.4) is 0 Å². The molecule has 0 spiro atoms. The molecule has 0 amide bonds. The van der Waals surface area contributed by atoms with E-state index in [2.05, 4.69) is 5.32 Å². The fraction of sp³-hybridized carbons (Fsp3) is 0.316. The quantitative estimate of drug-likeness (QED) is 0.702. The average Bonchev–Trinajstić information content (AvgIpc) is 2.61. The third-order valence-electron chi connectivity index (χ3n) is 3.69. The van der Waals surface area contributed by atoms with Crippen LogP contribution in [0.2, 0.25) is 0 Å². The predicted molar refractivity (Wildman–Crippen MR) is 92.4 cm³/mol. The molecule has 2 aromatic rings. The number of carbonyl (C=O) groups excluding carboxylic acids is 1. The number of benzene rings is 2. The zero-order valence-corrected chi connectivity index (χ0v) is 14.5. The van der Waals surface area contributed by atoms with Crippen molar-refractivity contribution in [3.05, 3.63) is 59.7 Å². The summed E-state index contributed by atoms with van der Waals surface area (Å²) in [5.74, 6) is 0.0966. The summed E-state index contributed by atoms with van der Waals surface area (Å²) in [5.41, 5.74) is 1.30. The van der Waals surface area contributed by atoms with Crippen LogP contribution in [0.1, 0.15) is 35.3 Å². The van der Waals surface area contributed by atoms with Gasteiger partial charge in [0.05, 0.1) is 31.7 Å². The molecule has 1 N–H and O–H groups in total. The molecule has 0 aliphatic rings. The first-order chi connectivity index (χ1) is 12.3. The number of methoxy groups -OCH3 is 1. The Bertz CT molecular complexity index is 712. The summed E-state index contributed by atoms with van der Waals surface area (Å²) in [6.45, 7) is 1.95. The zero-order valence-electron chi connectivity index (χ0n) is 14.5. The molecule has 140 valence electrons. The largest absolute Gasteiger partial charge is 0.497 e. The topological polar surface area (TPSA) is 47.6 Å². The fourth-order valence-electron chi connectivity index (χ4n) is 2.44. The standard InChI is InChI=1S/C19H20F3NO3/c1-3-26-18(24)14-4-8-15(9-5-14)23-17(12-19(20,21)22)13-6-10-16(25-2)11-7-13/h4-11,17,23H,3,12H2,1-2H3. The van der Waals surface area contributed by atoms with Gasteiger partial charge >= 0.3 is 12.1 Å². The highest BCUT2D eigenvalue weighted by Crippen LogP contribution is 2.33. The van der Waals surface area contributed by atoms with E-state index < -0.39 is 24.6 Å². The molecule has 0 aliphatic carbocycles. The second kappa shape index (κ2) is 8.60. The number of hydrogen-bond acceptors (Lipinski definition) is 4. The lowest BCUT2D eigenvalue weighted by Crippen LogP contribution is -2.20. The maximum atomic E-state index is 13.0. The molecule has 0 aromatic heterocycles. The van der Waals surface area contributed by atoms with Crippen LogP contribution in [0.25, 0.3) is 0 Å². The van der Waals surface area contributed by atoms with Gasteiger partial charge < -0.3 is 14.8 Å². The Kier molecular flexibility index (Phi) is 6.49. The molecule has 26 heavy (non-hydrogen) atoms. The van der Waals surface area contributed by atoms with Crippen molar-refractivity contribution in [2.75, 3.05) is 19.0 Å². The van der Waals surface area contributed by atoms with Crippen LogP contribution in [0, 0.1) is 0 Å². The van der Waals surface area contributed by atoms with E-state index in [1.165, 1.54) is 19.2 Å². The lowest BCUT2D eigenvalue weighted by molar-refractivity contribution is -0.137. The summed E-state index contributed by atoms with van der Waals surface area (Å²) in [5, 5.41) is 2.87. The highest BCUT2D eigenvalue weighted by atomic mass is 19.4. The van der Waals surface area contributed by atoms with E-state index >= 15 is 0 Å². The van der Waals surface area contributed by atoms with Crippen molar-refractivity contribution in [3.8, 4) is 5.75 Å². The molecule has 0 bridgehead atoms. The number of hydrogen-bond donors (Lipinski definition) is 1. The molecule has 0 radical (unpaired) electrons. The Morgan fingerprint density at radius 2 is 1.69 bits per heavy atom. The van der Waals surface area contributed by atoms with Gasteiger partial charge in [-0.25, -0.2) is 4.79 Å². The monoisotopic (exact) mass is 367 g/mol. The van der Waals surface area contributed by atoms with Crippen molar-refractivity contribution < 1.29 is 27.4 Å². The maximum absolute atomic E-state index is 13.0. The Hall–Kier alpha value is -2.70. The van der Waals surface area contributed by atoms with Crippen molar-refractivity contribution >= 4 is 11.7 Å². The van der Waals surface area contributed by atoms with Crippen molar-refractivity contribution in [2.45, 2.75) is 25.6 Å². The molecule has 2 rings (SSSR count). The van der Waals surface area contributed by atoms with Gasteiger partial charge in [-0.3, -0.25) is 0 Å². The molecule has 1 unspecified atom stereocenters. The van der Waals surface area contributed by atoms with E-state index in [1.54, 1.807) is 43.3 Å². The number of esters is 1. The van der Waals surface area contributed by atoms with Crippen LogP contribution >= 0.6 is 0 Å². The van der Waals surface area contributed by atoms with Crippen molar-refractivity contribution in [1.29, 1.82) is 0 Å². The first-order valence-electron chi connectivity index (χ1n) is 8.07. The van der Waals surface area contributed by atoms with Crippen LogP contribution in [0.5, 0.6) is 5.75 Å². The van der Waals surface area contributed by atoms with Gasteiger partial charge in [0.25, 0.3) is 0 Å². The van der Waals surface area contributed by atoms with Crippen molar-refractivity contribution in [3.63, 3.8) is 0 Å². The molecule has 0 heterocycles. The normalized spacial score (nSPS) is 12.3. The van der Waals surface area contributed by atoms with Gasteiger partial charge in [-0.15, -0.1) is 0 Å². The van der Waals surface area contributed by atoms with Crippen molar-refractivity contribution in [2.24, 2.45) is 0 Å². The van der Waals surface area contributed by atoms with Crippen LogP contribution in [0.15, 0.2) is 48.5 Å². The summed E-state index contributed by atoms with van der Waals surface area (Å²) < 4.78 is 48.8. The molecular formula is C19H20F3NO3. The van der Waals surface area contributed by atoms with Crippen molar-refractivity contribution in [1.82, 2.24) is 0 Å². The lowest BCUT2D eigenvalue weighted by atomic mass is 10.0. The lowest BCUT2D eigenvalue weighted by Gasteiger charge is -2.22. The number of rotatable bonds is 7. The zero-order chi connectivity index (χ0) is 19.2. The summed E-state index contributed by atoms with van der Waals surface area (Å²) in [6.07, 6.45) is -5.36. The SMILES string of the molecule is CCOC(=O)c1ccc(NC(CC(F)(F)F)c2ccc(OC)cc2)cc1. The van der Waals surface area contributed by atoms with Crippen LogP contribution in [-0.2, 0) is 4.74 Å². The van der Waals surface area contributed by atoms with Gasteiger partial charge in [0, 0.05) is 5.69 Å². The minimum Gasteiger partial charge on any atom is -0.497 e. The second-order valence-electron chi connectivity index (χ2n) is 5.59. The predicted octanol–water partition coefficient (Wildman–Crippen LogP) is 4.98. The van der Waals surface area contributed by atoms with Gasteiger partial charge in [0.1, 0.15) is 5.75 Å². The highest BCUT2D eigenvalue weighted by molar-refractivity contribution is 5.89. The van der Waals surface area contributed by atoms with Crippen LogP contribution in [-0.4, -0.2) is 25.9 Å². The molecular weight excluding hydrogens is 347 g/mol. The van der Waals surface area contributed by atoms with E-state index in [0.717, 1.165) is 0 Å². The third-order valence-corrected chi connectivity index (χ3v) is 3.69. The summed E-state index contributed by atoms with van der Waals surface area (Å²) in [6, 6.07) is 11.6. The molecule has 1 atom stereocenters. The van der Waals surface area contributed by atoms with E-state index in [4.69, 9.17) is 9.47 Å². The Balaban J connectivity index is 2.19. The summed E-state index contributed by atoms with van der Waals surface area (Å²) in [4.78, 5) is 11.6. The molecule has 0 saturated heterocycles. The number of ether oxygens (including phenoxy) is 2. The minimum absolute atomic E-state index is 0.254. The van der Waals surface area contributed by atoms with E-state index in [-0.39, 0.29) is 6.61 Å². The Labute approximate surface area is 149 Å². The fourth-order valence-corrected chi connectivity index (χ4v) is 2.44.